The normalized spacial score (nSPS) is 27.7. The van der Waals surface area contributed by atoms with E-state index in [-0.39, 0.29) is 18.2 Å². The molecule has 1 heterocycles. The van der Waals surface area contributed by atoms with E-state index in [0.29, 0.717) is 19.4 Å². The number of hydrogen-bond acceptors (Lipinski definition) is 3. The number of hydrogen-bond donors (Lipinski definition) is 1. The van der Waals surface area contributed by atoms with Gasteiger partial charge in [-0.15, -0.1) is 0 Å². The molecule has 1 saturated heterocycles. The fourth-order valence-electron chi connectivity index (χ4n) is 1.74. The summed E-state index contributed by atoms with van der Waals surface area (Å²) in [5.41, 5.74) is -0.452. The molecule has 88 valence electrons. The number of piperidine rings is 1. The second-order valence-electron chi connectivity index (χ2n) is 5.20. The van der Waals surface area contributed by atoms with E-state index in [4.69, 9.17) is 4.74 Å². The van der Waals surface area contributed by atoms with Crippen molar-refractivity contribution in [3.63, 3.8) is 0 Å². The number of likely N-dealkylation sites (tertiary alicyclic amines) is 1. The van der Waals surface area contributed by atoms with Gasteiger partial charge in [0.05, 0.1) is 6.10 Å². The van der Waals surface area contributed by atoms with Gasteiger partial charge in [-0.1, -0.05) is 0 Å². The maximum absolute atomic E-state index is 11.8. The fourth-order valence-corrected chi connectivity index (χ4v) is 1.74. The molecule has 0 aromatic heterocycles. The summed E-state index contributed by atoms with van der Waals surface area (Å²) in [6, 6.07) is 0.0589. The molecule has 0 saturated carbocycles. The number of carbonyl (C=O) groups excluding carboxylic acids is 1. The third kappa shape index (κ3) is 3.70. The number of aliphatic hydroxyl groups excluding tert-OH is 1. The SMILES string of the molecule is C[C@H]1CC(O)CCN1C(=O)OC(C)(C)C. The third-order valence-electron chi connectivity index (χ3n) is 2.48. The lowest BCUT2D eigenvalue weighted by Gasteiger charge is -2.36. The Balaban J connectivity index is 2.53. The Hall–Kier alpha value is -0.770. The zero-order valence-electron chi connectivity index (χ0n) is 9.99. The second kappa shape index (κ2) is 4.39. The van der Waals surface area contributed by atoms with Crippen LogP contribution >= 0.6 is 0 Å². The zero-order chi connectivity index (χ0) is 11.6. The minimum absolute atomic E-state index is 0.0589. The van der Waals surface area contributed by atoms with E-state index in [1.807, 2.05) is 27.7 Å². The maximum Gasteiger partial charge on any atom is 0.410 e. The summed E-state index contributed by atoms with van der Waals surface area (Å²) in [5.74, 6) is 0. The average molecular weight is 215 g/mol. The summed E-state index contributed by atoms with van der Waals surface area (Å²) in [6.45, 7) is 8.08. The van der Waals surface area contributed by atoms with Crippen molar-refractivity contribution in [2.24, 2.45) is 0 Å². The van der Waals surface area contributed by atoms with E-state index in [0.717, 1.165) is 0 Å². The quantitative estimate of drug-likeness (QED) is 0.670. The molecule has 0 bridgehead atoms. The minimum Gasteiger partial charge on any atom is -0.444 e. The summed E-state index contributed by atoms with van der Waals surface area (Å²) in [5, 5.41) is 9.43. The Morgan fingerprint density at radius 3 is 2.53 bits per heavy atom. The van der Waals surface area contributed by atoms with Crippen LogP contribution in [0.3, 0.4) is 0 Å². The summed E-state index contributed by atoms with van der Waals surface area (Å²) in [6.07, 6.45) is 0.726. The number of ether oxygens (including phenoxy) is 1. The van der Waals surface area contributed by atoms with Crippen molar-refractivity contribution in [2.45, 2.75) is 58.3 Å². The molecule has 1 amide bonds. The molecule has 15 heavy (non-hydrogen) atoms. The molecule has 0 aromatic rings. The Bertz CT molecular complexity index is 234. The predicted octanol–water partition coefficient (Wildman–Crippen LogP) is 1.77. The zero-order valence-corrected chi connectivity index (χ0v) is 9.99. The Kier molecular flexibility index (Phi) is 3.60. The monoisotopic (exact) mass is 215 g/mol. The van der Waals surface area contributed by atoms with Crippen LogP contribution in [0.1, 0.15) is 40.5 Å². The minimum atomic E-state index is -0.452. The van der Waals surface area contributed by atoms with Crippen molar-refractivity contribution in [1.29, 1.82) is 0 Å². The summed E-state index contributed by atoms with van der Waals surface area (Å²) < 4.78 is 5.29. The van der Waals surface area contributed by atoms with Crippen LogP contribution < -0.4 is 0 Å². The van der Waals surface area contributed by atoms with Crippen LogP contribution in [0.5, 0.6) is 0 Å². The van der Waals surface area contributed by atoms with Gasteiger partial charge in [0, 0.05) is 12.6 Å². The van der Waals surface area contributed by atoms with Gasteiger partial charge >= 0.3 is 6.09 Å². The molecule has 4 heteroatoms. The molecule has 1 unspecified atom stereocenters. The van der Waals surface area contributed by atoms with Gasteiger partial charge < -0.3 is 14.7 Å². The van der Waals surface area contributed by atoms with E-state index in [1.165, 1.54) is 0 Å². The molecule has 1 fully saturated rings. The van der Waals surface area contributed by atoms with Crippen LogP contribution in [-0.2, 0) is 4.74 Å². The summed E-state index contributed by atoms with van der Waals surface area (Å²) >= 11 is 0. The lowest BCUT2D eigenvalue weighted by Crippen LogP contribution is -2.47. The fraction of sp³-hybridized carbons (Fsp3) is 0.909. The molecule has 1 aliphatic heterocycles. The van der Waals surface area contributed by atoms with Gasteiger partial charge in [-0.2, -0.15) is 0 Å². The van der Waals surface area contributed by atoms with Gasteiger partial charge in [0.2, 0.25) is 0 Å². The topological polar surface area (TPSA) is 49.8 Å². The van der Waals surface area contributed by atoms with E-state index >= 15 is 0 Å². The molecule has 0 radical (unpaired) electrons. The number of amides is 1. The standard InChI is InChI=1S/C11H21NO3/c1-8-7-9(13)5-6-12(8)10(14)15-11(2,3)4/h8-9,13H,5-7H2,1-4H3/t8-,9?/m0/s1. The van der Waals surface area contributed by atoms with Crippen LogP contribution in [0, 0.1) is 0 Å². The van der Waals surface area contributed by atoms with Gasteiger partial charge in [0.1, 0.15) is 5.60 Å². The highest BCUT2D eigenvalue weighted by Gasteiger charge is 2.30. The second-order valence-corrected chi connectivity index (χ2v) is 5.20. The highest BCUT2D eigenvalue weighted by atomic mass is 16.6. The van der Waals surface area contributed by atoms with E-state index in [1.54, 1.807) is 4.90 Å². The van der Waals surface area contributed by atoms with Crippen LogP contribution in [0.15, 0.2) is 0 Å². The van der Waals surface area contributed by atoms with Crippen LogP contribution in [0.4, 0.5) is 4.79 Å². The molecule has 0 spiro atoms. The van der Waals surface area contributed by atoms with Gasteiger partial charge in [0.25, 0.3) is 0 Å². The van der Waals surface area contributed by atoms with E-state index in [2.05, 4.69) is 0 Å². The number of aliphatic hydroxyl groups is 1. The Labute approximate surface area is 91.2 Å². The van der Waals surface area contributed by atoms with Crippen molar-refractivity contribution in [3.05, 3.63) is 0 Å². The average Bonchev–Trinajstić information content (AvgIpc) is 1.99. The smallest absolute Gasteiger partial charge is 0.410 e. The maximum atomic E-state index is 11.8. The van der Waals surface area contributed by atoms with Gasteiger partial charge in [-0.3, -0.25) is 0 Å². The van der Waals surface area contributed by atoms with E-state index < -0.39 is 5.60 Å². The first kappa shape index (κ1) is 12.3. The van der Waals surface area contributed by atoms with Gasteiger partial charge in [-0.05, 0) is 40.5 Å². The third-order valence-corrected chi connectivity index (χ3v) is 2.48. The number of carbonyl (C=O) groups is 1. The number of nitrogens with zero attached hydrogens (tertiary/aromatic N) is 1. The molecular formula is C11H21NO3. The molecule has 1 aliphatic rings. The lowest BCUT2D eigenvalue weighted by molar-refractivity contribution is -0.00456. The largest absolute Gasteiger partial charge is 0.444 e. The van der Waals surface area contributed by atoms with Crippen LogP contribution in [-0.4, -0.2) is 40.4 Å². The predicted molar refractivity (Wildman–Crippen MR) is 57.6 cm³/mol. The van der Waals surface area contributed by atoms with Crippen LogP contribution in [0.25, 0.3) is 0 Å². The summed E-state index contributed by atoms with van der Waals surface area (Å²) in [7, 11) is 0. The molecular weight excluding hydrogens is 194 g/mol. The van der Waals surface area contributed by atoms with Gasteiger partial charge in [-0.25, -0.2) is 4.79 Å². The molecule has 0 aromatic carbocycles. The van der Waals surface area contributed by atoms with Crippen molar-refractivity contribution >= 4 is 6.09 Å². The lowest BCUT2D eigenvalue weighted by atomic mass is 10.0. The van der Waals surface area contributed by atoms with Crippen molar-refractivity contribution < 1.29 is 14.6 Å². The Morgan fingerprint density at radius 1 is 1.47 bits per heavy atom. The van der Waals surface area contributed by atoms with E-state index in [9.17, 15) is 9.90 Å². The number of rotatable bonds is 0. The highest BCUT2D eigenvalue weighted by Crippen LogP contribution is 2.20. The van der Waals surface area contributed by atoms with Crippen molar-refractivity contribution in [1.82, 2.24) is 4.90 Å². The first-order valence-electron chi connectivity index (χ1n) is 5.47. The van der Waals surface area contributed by atoms with Crippen LogP contribution in [0.2, 0.25) is 0 Å². The first-order valence-corrected chi connectivity index (χ1v) is 5.47. The first-order chi connectivity index (χ1) is 6.79. The molecule has 2 atom stereocenters. The van der Waals surface area contributed by atoms with Crippen molar-refractivity contribution in [3.8, 4) is 0 Å². The molecule has 1 N–H and O–H groups in total. The van der Waals surface area contributed by atoms with Crippen molar-refractivity contribution in [2.75, 3.05) is 6.54 Å². The highest BCUT2D eigenvalue weighted by molar-refractivity contribution is 5.68. The molecule has 0 aliphatic carbocycles. The molecule has 1 rings (SSSR count). The molecule has 4 nitrogen and oxygen atoms in total. The van der Waals surface area contributed by atoms with Gasteiger partial charge in [0.15, 0.2) is 0 Å². The Morgan fingerprint density at radius 2 is 2.07 bits per heavy atom. The summed E-state index contributed by atoms with van der Waals surface area (Å²) in [4.78, 5) is 13.4.